The van der Waals surface area contributed by atoms with Crippen LogP contribution in [0.15, 0.2) is 24.3 Å². The summed E-state index contributed by atoms with van der Waals surface area (Å²) in [5.41, 5.74) is 0.493. The smallest absolute Gasteiger partial charge is 0.317 e. The molecule has 1 fully saturated rings. The van der Waals surface area contributed by atoms with E-state index in [2.05, 4.69) is 20.8 Å². The second kappa shape index (κ2) is 8.43. The van der Waals surface area contributed by atoms with Crippen LogP contribution in [0.4, 0.5) is 14.9 Å². The van der Waals surface area contributed by atoms with Crippen LogP contribution in [0.5, 0.6) is 0 Å². The van der Waals surface area contributed by atoms with E-state index in [4.69, 9.17) is 0 Å². The summed E-state index contributed by atoms with van der Waals surface area (Å²) in [7, 11) is 0. The second-order valence-corrected chi connectivity index (χ2v) is 7.80. The first kappa shape index (κ1) is 19.2. The van der Waals surface area contributed by atoms with E-state index in [0.29, 0.717) is 18.8 Å². The number of hydrogen-bond donors (Lipinski definition) is 2. The molecule has 2 heterocycles. The number of rotatable bonds is 4. The number of amides is 3. The third-order valence-corrected chi connectivity index (χ3v) is 5.29. The van der Waals surface area contributed by atoms with Gasteiger partial charge >= 0.3 is 6.03 Å². The third-order valence-electron chi connectivity index (χ3n) is 4.21. The molecule has 0 radical (unpaired) electrons. The van der Waals surface area contributed by atoms with E-state index in [-0.39, 0.29) is 34.7 Å². The minimum Gasteiger partial charge on any atom is -0.336 e. The van der Waals surface area contributed by atoms with Crippen LogP contribution in [-0.4, -0.2) is 46.2 Å². The lowest BCUT2D eigenvalue weighted by Crippen LogP contribution is -2.46. The fraction of sp³-hybridized carbons (Fsp3) is 0.444. The van der Waals surface area contributed by atoms with Gasteiger partial charge in [-0.25, -0.2) is 9.18 Å². The molecule has 1 atom stereocenters. The number of carbonyl (C=O) groups excluding carboxylic acids is 2. The van der Waals surface area contributed by atoms with E-state index < -0.39 is 0 Å². The molecule has 3 amide bonds. The van der Waals surface area contributed by atoms with Crippen molar-refractivity contribution in [2.75, 3.05) is 18.4 Å². The van der Waals surface area contributed by atoms with E-state index >= 15 is 0 Å². The van der Waals surface area contributed by atoms with Gasteiger partial charge in [0.1, 0.15) is 10.8 Å². The molecule has 2 N–H and O–H groups in total. The first-order chi connectivity index (χ1) is 12.9. The lowest BCUT2D eigenvalue weighted by atomic mass is 9.99. The lowest BCUT2D eigenvalue weighted by Gasteiger charge is -2.32. The van der Waals surface area contributed by atoms with Gasteiger partial charge in [0.05, 0.1) is 0 Å². The summed E-state index contributed by atoms with van der Waals surface area (Å²) in [6.45, 7) is 5.13. The summed E-state index contributed by atoms with van der Waals surface area (Å²) in [5.74, 6) is -0.674. The normalized spacial score (nSPS) is 17.0. The van der Waals surface area contributed by atoms with Gasteiger partial charge in [0.15, 0.2) is 0 Å². The minimum absolute atomic E-state index is 0.0709. The zero-order chi connectivity index (χ0) is 19.4. The maximum atomic E-state index is 12.9. The van der Waals surface area contributed by atoms with Crippen molar-refractivity contribution in [2.45, 2.75) is 38.6 Å². The Morgan fingerprint density at radius 1 is 1.26 bits per heavy atom. The molecular weight excluding hydrogens is 369 g/mol. The molecule has 0 aliphatic carbocycles. The Labute approximate surface area is 161 Å². The van der Waals surface area contributed by atoms with Crippen LogP contribution in [0.25, 0.3) is 0 Å². The zero-order valence-corrected chi connectivity index (χ0v) is 16.1. The monoisotopic (exact) mass is 391 g/mol. The highest BCUT2D eigenvalue weighted by Crippen LogP contribution is 2.29. The molecule has 0 bridgehead atoms. The van der Waals surface area contributed by atoms with Crippen molar-refractivity contribution in [3.8, 4) is 0 Å². The van der Waals surface area contributed by atoms with E-state index in [9.17, 15) is 14.0 Å². The average molecular weight is 391 g/mol. The highest BCUT2D eigenvalue weighted by atomic mass is 32.1. The van der Waals surface area contributed by atoms with Crippen molar-refractivity contribution in [2.24, 2.45) is 0 Å². The lowest BCUT2D eigenvalue weighted by molar-refractivity contribution is 0.102. The number of aromatic nitrogens is 2. The van der Waals surface area contributed by atoms with E-state index in [1.54, 1.807) is 4.90 Å². The highest BCUT2D eigenvalue weighted by Gasteiger charge is 2.28. The molecule has 1 aromatic carbocycles. The summed E-state index contributed by atoms with van der Waals surface area (Å²) in [5, 5.41) is 14.7. The van der Waals surface area contributed by atoms with Crippen LogP contribution in [0.2, 0.25) is 0 Å². The van der Waals surface area contributed by atoms with Crippen LogP contribution < -0.4 is 10.6 Å². The van der Waals surface area contributed by atoms with Crippen molar-refractivity contribution in [1.29, 1.82) is 0 Å². The number of nitrogens with one attached hydrogen (secondary N) is 2. The highest BCUT2D eigenvalue weighted by molar-refractivity contribution is 7.13. The van der Waals surface area contributed by atoms with Gasteiger partial charge < -0.3 is 15.5 Å². The number of hydrogen-bond acceptors (Lipinski definition) is 5. The number of likely N-dealkylation sites (tertiary alicyclic amines) is 1. The van der Waals surface area contributed by atoms with Gasteiger partial charge in [0.2, 0.25) is 5.01 Å². The van der Waals surface area contributed by atoms with Gasteiger partial charge in [-0.2, -0.15) is 0 Å². The van der Waals surface area contributed by atoms with E-state index in [1.807, 2.05) is 13.8 Å². The first-order valence-electron chi connectivity index (χ1n) is 8.88. The number of anilines is 1. The number of halogens is 1. The topological polar surface area (TPSA) is 87.2 Å². The summed E-state index contributed by atoms with van der Waals surface area (Å²) in [6, 6.07) is 5.54. The Morgan fingerprint density at radius 3 is 2.70 bits per heavy atom. The molecule has 0 spiro atoms. The number of benzene rings is 1. The van der Waals surface area contributed by atoms with E-state index in [0.717, 1.165) is 17.8 Å². The van der Waals surface area contributed by atoms with Gasteiger partial charge in [0, 0.05) is 30.7 Å². The molecule has 1 aromatic heterocycles. The van der Waals surface area contributed by atoms with Crippen molar-refractivity contribution in [3.63, 3.8) is 0 Å². The third kappa shape index (κ3) is 5.00. The molecule has 1 saturated heterocycles. The summed E-state index contributed by atoms with van der Waals surface area (Å²) < 4.78 is 12.9. The van der Waals surface area contributed by atoms with Crippen LogP contribution in [0, 0.1) is 5.82 Å². The van der Waals surface area contributed by atoms with Gasteiger partial charge in [-0.15, -0.1) is 10.2 Å². The summed E-state index contributed by atoms with van der Waals surface area (Å²) in [6.07, 6.45) is 1.78. The van der Waals surface area contributed by atoms with E-state index in [1.165, 1.54) is 35.6 Å². The predicted octanol–water partition coefficient (Wildman–Crippen LogP) is 3.23. The van der Waals surface area contributed by atoms with Gasteiger partial charge in [0.25, 0.3) is 5.91 Å². The number of urea groups is 1. The predicted molar refractivity (Wildman–Crippen MR) is 101 cm³/mol. The van der Waals surface area contributed by atoms with Crippen LogP contribution in [0.3, 0.4) is 0 Å². The molecule has 144 valence electrons. The fourth-order valence-corrected chi connectivity index (χ4v) is 3.77. The first-order valence-corrected chi connectivity index (χ1v) is 9.70. The maximum absolute atomic E-state index is 12.9. The molecule has 0 unspecified atom stereocenters. The van der Waals surface area contributed by atoms with Crippen molar-refractivity contribution >= 4 is 29.0 Å². The number of piperidine rings is 1. The Hall–Kier alpha value is -2.55. The van der Waals surface area contributed by atoms with Crippen molar-refractivity contribution in [1.82, 2.24) is 20.4 Å². The number of carbonyl (C=O) groups is 2. The molecule has 1 aliphatic heterocycles. The standard InChI is InChI=1S/C18H22FN5O2S/c1-11(2)20-18(26)24-9-3-4-12(10-24)16-22-23-17(27-16)15(25)21-14-7-5-13(19)6-8-14/h5-8,11-12H,3-4,9-10H2,1-2H3,(H,20,26)(H,21,25)/t12-/m1/s1. The molecule has 0 saturated carbocycles. The largest absolute Gasteiger partial charge is 0.336 e. The quantitative estimate of drug-likeness (QED) is 0.838. The molecule has 1 aliphatic rings. The number of nitrogens with zero attached hydrogens (tertiary/aromatic N) is 3. The van der Waals surface area contributed by atoms with Gasteiger partial charge in [-0.05, 0) is 51.0 Å². The zero-order valence-electron chi connectivity index (χ0n) is 15.2. The van der Waals surface area contributed by atoms with Crippen LogP contribution >= 0.6 is 11.3 Å². The Balaban J connectivity index is 1.63. The fourth-order valence-electron chi connectivity index (χ4n) is 2.91. The molecule has 3 rings (SSSR count). The Kier molecular flexibility index (Phi) is 6.00. The maximum Gasteiger partial charge on any atom is 0.317 e. The molecule has 2 aromatic rings. The average Bonchev–Trinajstić information content (AvgIpc) is 3.13. The Bertz CT molecular complexity index is 808. The SMILES string of the molecule is CC(C)NC(=O)N1CCC[C@@H](c2nnc(C(=O)Nc3ccc(F)cc3)s2)C1. The van der Waals surface area contributed by atoms with Crippen LogP contribution in [0.1, 0.15) is 47.4 Å². The molecule has 7 nitrogen and oxygen atoms in total. The Morgan fingerprint density at radius 2 is 2.00 bits per heavy atom. The molecule has 27 heavy (non-hydrogen) atoms. The van der Waals surface area contributed by atoms with Crippen molar-refractivity contribution < 1.29 is 14.0 Å². The van der Waals surface area contributed by atoms with Gasteiger partial charge in [-0.1, -0.05) is 11.3 Å². The minimum atomic E-state index is -0.379. The van der Waals surface area contributed by atoms with Gasteiger partial charge in [-0.3, -0.25) is 4.79 Å². The molecule has 9 heteroatoms. The summed E-state index contributed by atoms with van der Waals surface area (Å²) >= 11 is 1.23. The molecular formula is C18H22FN5O2S. The second-order valence-electron chi connectivity index (χ2n) is 6.80. The van der Waals surface area contributed by atoms with Crippen LogP contribution in [-0.2, 0) is 0 Å². The van der Waals surface area contributed by atoms with Crippen molar-refractivity contribution in [3.05, 3.63) is 40.1 Å². The summed E-state index contributed by atoms with van der Waals surface area (Å²) in [4.78, 5) is 26.3.